The Morgan fingerprint density at radius 2 is 1.93 bits per heavy atom. The maximum atomic E-state index is 13.2. The van der Waals surface area contributed by atoms with E-state index in [1.54, 1.807) is 0 Å². The molecule has 1 unspecified atom stereocenters. The molecular weight excluding hydrogens is 404 g/mol. The summed E-state index contributed by atoms with van der Waals surface area (Å²) in [5, 5.41) is -5.59. The number of rotatable bonds is 11. The highest BCUT2D eigenvalue weighted by Crippen LogP contribution is 2.41. The lowest BCUT2D eigenvalue weighted by Gasteiger charge is -2.23. The van der Waals surface area contributed by atoms with E-state index in [4.69, 9.17) is 14.0 Å². The molecule has 1 fully saturated rings. The van der Waals surface area contributed by atoms with Crippen molar-refractivity contribution >= 4 is 22.1 Å². The molecule has 0 aromatic carbocycles. The second-order valence-electron chi connectivity index (χ2n) is 5.67. The molecule has 13 heteroatoms. The predicted octanol–water partition coefficient (Wildman–Crippen LogP) is 2.05. The number of hydrogen-bond acceptors (Lipinski definition) is 7. The summed E-state index contributed by atoms with van der Waals surface area (Å²) in [4.78, 5) is 22.5. The van der Waals surface area contributed by atoms with Gasteiger partial charge in [0.05, 0.1) is 18.6 Å². The Bertz CT molecular complexity index is 677. The van der Waals surface area contributed by atoms with Crippen LogP contribution >= 0.6 is 0 Å². The Kier molecular flexibility index (Phi) is 7.75. The van der Waals surface area contributed by atoms with E-state index >= 15 is 0 Å². The average Bonchev–Trinajstić information content (AvgIpc) is 2.94. The summed E-state index contributed by atoms with van der Waals surface area (Å²) in [6.07, 6.45) is -2.87. The van der Waals surface area contributed by atoms with E-state index in [1.807, 2.05) is 0 Å². The number of alkyl halides is 4. The topological polar surface area (TPSA) is 116 Å². The van der Waals surface area contributed by atoms with E-state index in [0.717, 1.165) is 0 Å². The molecule has 1 heterocycles. The van der Waals surface area contributed by atoms with Crippen LogP contribution in [-0.4, -0.2) is 55.6 Å². The number of hydrogen-bond donors (Lipinski definition) is 1. The van der Waals surface area contributed by atoms with Crippen molar-refractivity contribution in [2.75, 3.05) is 13.2 Å². The summed E-state index contributed by atoms with van der Waals surface area (Å²) in [5.74, 6) is -6.34. The second kappa shape index (κ2) is 8.97. The van der Waals surface area contributed by atoms with Crippen molar-refractivity contribution in [3.05, 3.63) is 12.2 Å². The van der Waals surface area contributed by atoms with Crippen molar-refractivity contribution in [2.45, 2.75) is 49.6 Å². The Hall–Kier alpha value is -1.73. The summed E-state index contributed by atoms with van der Waals surface area (Å²) in [6.45, 7) is 2.83. The van der Waals surface area contributed by atoms with Crippen molar-refractivity contribution in [1.29, 1.82) is 0 Å². The summed E-state index contributed by atoms with van der Waals surface area (Å²) >= 11 is 0. The van der Waals surface area contributed by atoms with Gasteiger partial charge in [0.25, 0.3) is 0 Å². The second-order valence-corrected chi connectivity index (χ2v) is 7.14. The number of carbonyl (C=O) groups is 2. The smallest absolute Gasteiger partial charge is 0.425 e. The zero-order chi connectivity index (χ0) is 20.9. The molecular formula is C14H18F4O8S. The number of esters is 2. The van der Waals surface area contributed by atoms with E-state index in [-0.39, 0.29) is 38.0 Å². The van der Waals surface area contributed by atoms with Gasteiger partial charge in [-0.1, -0.05) is 6.58 Å². The number of carbonyl (C=O) groups excluding carboxylic acids is 2. The van der Waals surface area contributed by atoms with Crippen molar-refractivity contribution in [3.63, 3.8) is 0 Å². The van der Waals surface area contributed by atoms with Crippen LogP contribution in [0.3, 0.4) is 0 Å². The van der Waals surface area contributed by atoms with Crippen LogP contribution in [0.15, 0.2) is 12.2 Å². The molecule has 1 saturated heterocycles. The zero-order valence-corrected chi connectivity index (χ0v) is 14.8. The summed E-state index contributed by atoms with van der Waals surface area (Å²) < 4.78 is 95.7. The Balaban J connectivity index is 2.25. The lowest BCUT2D eigenvalue weighted by atomic mass is 10.1. The minimum atomic E-state index is -6.25. The third-order valence-electron chi connectivity index (χ3n) is 3.43. The quantitative estimate of drug-likeness (QED) is 0.177. The van der Waals surface area contributed by atoms with Crippen LogP contribution in [-0.2, 0) is 33.9 Å². The summed E-state index contributed by atoms with van der Waals surface area (Å²) in [7, 11) is -6.25. The van der Waals surface area contributed by atoms with Gasteiger partial charge in [0, 0.05) is 19.4 Å². The molecule has 1 atom stereocenters. The van der Waals surface area contributed by atoms with Gasteiger partial charge in [-0.15, -0.1) is 0 Å². The van der Waals surface area contributed by atoms with Gasteiger partial charge in [-0.2, -0.15) is 26.0 Å². The lowest BCUT2D eigenvalue weighted by molar-refractivity contribution is -0.173. The minimum Gasteiger partial charge on any atom is -0.425 e. The fourth-order valence-corrected chi connectivity index (χ4v) is 2.40. The average molecular weight is 422 g/mol. The first kappa shape index (κ1) is 23.3. The van der Waals surface area contributed by atoms with Gasteiger partial charge in [0.2, 0.25) is 6.29 Å². The Morgan fingerprint density at radius 1 is 1.30 bits per heavy atom. The minimum absolute atomic E-state index is 0.113. The number of ether oxygens (including phenoxy) is 3. The van der Waals surface area contributed by atoms with E-state index < -0.39 is 52.4 Å². The molecule has 0 spiro atoms. The maximum Gasteiger partial charge on any atom is 0.431 e. The van der Waals surface area contributed by atoms with Gasteiger partial charge in [-0.05, 0) is 12.8 Å². The fourth-order valence-electron chi connectivity index (χ4n) is 1.93. The number of unbranched alkanes of at least 4 members (excludes halogenated alkanes) is 1. The van der Waals surface area contributed by atoms with Crippen LogP contribution in [0.5, 0.6) is 0 Å². The molecule has 27 heavy (non-hydrogen) atoms. The van der Waals surface area contributed by atoms with Gasteiger partial charge < -0.3 is 14.2 Å². The van der Waals surface area contributed by atoms with Crippen LogP contribution in [0.4, 0.5) is 17.6 Å². The molecule has 1 aliphatic heterocycles. The highest BCUT2D eigenvalue weighted by atomic mass is 32.2. The highest BCUT2D eigenvalue weighted by molar-refractivity contribution is 7.87. The molecule has 1 rings (SSSR count). The van der Waals surface area contributed by atoms with Gasteiger partial charge in [0.1, 0.15) is 0 Å². The van der Waals surface area contributed by atoms with E-state index in [1.165, 1.54) is 0 Å². The third-order valence-corrected chi connectivity index (χ3v) is 4.38. The van der Waals surface area contributed by atoms with Crippen LogP contribution < -0.4 is 0 Å². The van der Waals surface area contributed by atoms with Gasteiger partial charge in [-0.25, -0.2) is 4.79 Å². The van der Waals surface area contributed by atoms with Crippen LogP contribution in [0.1, 0.15) is 32.1 Å². The van der Waals surface area contributed by atoms with Crippen LogP contribution in [0.25, 0.3) is 0 Å². The van der Waals surface area contributed by atoms with Crippen LogP contribution in [0, 0.1) is 0 Å². The molecule has 156 valence electrons. The van der Waals surface area contributed by atoms with E-state index in [0.29, 0.717) is 0 Å². The van der Waals surface area contributed by atoms with Gasteiger partial charge >= 0.3 is 33.2 Å². The summed E-state index contributed by atoms with van der Waals surface area (Å²) in [6, 6.07) is 0. The van der Waals surface area contributed by atoms with E-state index in [9.17, 15) is 35.6 Å². The lowest BCUT2D eigenvalue weighted by Crippen LogP contribution is -2.46. The van der Waals surface area contributed by atoms with Crippen molar-refractivity contribution < 1.29 is 54.3 Å². The molecule has 0 saturated carbocycles. The molecule has 0 radical (unpaired) electrons. The standard InChI is InChI=1S/C14H18F4O8S/c1-9(12(20)26-11-5-4-10(19)25-11)8-24-7-3-2-6-13(15,16)14(17,18)27(21,22)23/h11H,1-8H2,(H,21,22,23). The summed E-state index contributed by atoms with van der Waals surface area (Å²) in [5.41, 5.74) is -0.138. The zero-order valence-electron chi connectivity index (χ0n) is 14.0. The molecule has 1 aliphatic rings. The highest BCUT2D eigenvalue weighted by Gasteiger charge is 2.64. The monoisotopic (exact) mass is 422 g/mol. The van der Waals surface area contributed by atoms with Crippen LogP contribution in [0.2, 0.25) is 0 Å². The predicted molar refractivity (Wildman–Crippen MR) is 80.5 cm³/mol. The Morgan fingerprint density at radius 3 is 2.44 bits per heavy atom. The Labute approximate surface area is 152 Å². The SMILES string of the molecule is C=C(COCCCCC(F)(F)C(F)(F)S(=O)(=O)O)C(=O)OC1CCC(=O)O1. The fraction of sp³-hybridized carbons (Fsp3) is 0.714. The third kappa shape index (κ3) is 6.43. The maximum absolute atomic E-state index is 13.2. The molecule has 0 bridgehead atoms. The molecule has 8 nitrogen and oxygen atoms in total. The van der Waals surface area contributed by atoms with Crippen molar-refractivity contribution in [3.8, 4) is 0 Å². The molecule has 0 aromatic heterocycles. The first-order valence-electron chi connectivity index (χ1n) is 7.66. The molecule has 1 N–H and O–H groups in total. The van der Waals surface area contributed by atoms with Gasteiger partial charge in [0.15, 0.2) is 0 Å². The van der Waals surface area contributed by atoms with Crippen molar-refractivity contribution in [1.82, 2.24) is 0 Å². The normalized spacial score (nSPS) is 18.3. The molecule has 0 aliphatic carbocycles. The largest absolute Gasteiger partial charge is 0.431 e. The van der Waals surface area contributed by atoms with E-state index in [2.05, 4.69) is 11.3 Å². The van der Waals surface area contributed by atoms with Crippen molar-refractivity contribution in [2.24, 2.45) is 0 Å². The number of halogens is 4. The molecule has 0 aromatic rings. The first-order chi connectivity index (χ1) is 12.3. The number of cyclic esters (lactones) is 1. The van der Waals surface area contributed by atoms with Gasteiger partial charge in [-0.3, -0.25) is 9.35 Å². The molecule has 0 amide bonds. The first-order valence-corrected chi connectivity index (χ1v) is 9.10.